The fraction of sp³-hybridized carbons (Fsp3) is 0.885. The van der Waals surface area contributed by atoms with Crippen LogP contribution < -0.4 is 16.0 Å². The van der Waals surface area contributed by atoms with Crippen LogP contribution in [0.15, 0.2) is 0 Å². The summed E-state index contributed by atoms with van der Waals surface area (Å²) < 4.78 is 11.2. The molecule has 3 aliphatic heterocycles. The van der Waals surface area contributed by atoms with Crippen LogP contribution in [0.25, 0.3) is 0 Å². The number of nitrogens with zero attached hydrogens (tertiary/aromatic N) is 2. The molecule has 36 heavy (non-hydrogen) atoms. The standard InChI is InChI=1S/C26H41N5O4S/c1-14-8-16(17-9-15(11-27)4-5-21(17)34-2)19(12-28-14)24(32)30-26-29-20-6-7-31(13-23(20)36-26)25(33)18-10-22(18)35-3/h14-23,26,28-29H,4-10,12-13H2,1-3H3,(H,30,32). The molecule has 0 aromatic carbocycles. The minimum absolute atomic E-state index is 0.0240. The largest absolute Gasteiger partial charge is 0.381 e. The first-order valence-corrected chi connectivity index (χ1v) is 14.5. The Balaban J connectivity index is 1.19. The van der Waals surface area contributed by atoms with Crippen molar-refractivity contribution < 1.29 is 19.1 Å². The first-order valence-electron chi connectivity index (χ1n) is 13.6. The Morgan fingerprint density at radius 1 is 1.06 bits per heavy atom. The monoisotopic (exact) mass is 519 g/mol. The molecule has 2 amide bonds. The van der Waals surface area contributed by atoms with E-state index in [9.17, 15) is 14.9 Å². The van der Waals surface area contributed by atoms with E-state index < -0.39 is 0 Å². The molecule has 0 aromatic rings. The Kier molecular flexibility index (Phi) is 8.13. The van der Waals surface area contributed by atoms with E-state index in [-0.39, 0.29) is 64.4 Å². The molecule has 9 nitrogen and oxygen atoms in total. The molecule has 10 heteroatoms. The van der Waals surface area contributed by atoms with Gasteiger partial charge in [0, 0.05) is 57.1 Å². The number of ether oxygens (including phenoxy) is 2. The van der Waals surface area contributed by atoms with Gasteiger partial charge in [-0.3, -0.25) is 14.9 Å². The van der Waals surface area contributed by atoms with Crippen molar-refractivity contribution in [2.45, 2.75) is 80.5 Å². The molecule has 11 unspecified atom stereocenters. The lowest BCUT2D eigenvalue weighted by atomic mass is 9.66. The predicted octanol–water partition coefficient (Wildman–Crippen LogP) is 1.30. The van der Waals surface area contributed by atoms with Gasteiger partial charge in [-0.1, -0.05) is 0 Å². The Hall–Kier alpha value is -1.38. The minimum atomic E-state index is -0.148. The van der Waals surface area contributed by atoms with Crippen LogP contribution in [0.2, 0.25) is 0 Å². The maximum Gasteiger partial charge on any atom is 0.228 e. The summed E-state index contributed by atoms with van der Waals surface area (Å²) in [6.07, 6.45) is 5.41. The lowest BCUT2D eigenvalue weighted by Gasteiger charge is -2.44. The number of likely N-dealkylation sites (tertiary alicyclic amines) is 1. The fourth-order valence-corrected chi connectivity index (χ4v) is 8.48. The first kappa shape index (κ1) is 26.2. The first-order chi connectivity index (χ1) is 17.4. The third-order valence-electron chi connectivity index (χ3n) is 9.21. The molecule has 200 valence electrons. The van der Waals surface area contributed by atoms with Crippen LogP contribution >= 0.6 is 11.8 Å². The third kappa shape index (κ3) is 5.41. The zero-order valence-corrected chi connectivity index (χ0v) is 22.5. The van der Waals surface area contributed by atoms with E-state index in [1.807, 2.05) is 4.90 Å². The number of hydrogen-bond acceptors (Lipinski definition) is 8. The molecule has 0 spiro atoms. The molecule has 0 radical (unpaired) electrons. The van der Waals surface area contributed by atoms with Gasteiger partial charge in [0.05, 0.1) is 30.1 Å². The number of nitriles is 1. The highest BCUT2D eigenvalue weighted by Crippen LogP contribution is 2.42. The molecule has 11 atom stereocenters. The van der Waals surface area contributed by atoms with Crippen molar-refractivity contribution >= 4 is 23.6 Å². The molecular formula is C26H41N5O4S. The number of carbonyl (C=O) groups is 2. The maximum atomic E-state index is 13.6. The molecule has 5 rings (SSSR count). The quantitative estimate of drug-likeness (QED) is 0.481. The van der Waals surface area contributed by atoms with Crippen LogP contribution in [0.5, 0.6) is 0 Å². The summed E-state index contributed by atoms with van der Waals surface area (Å²) >= 11 is 1.74. The van der Waals surface area contributed by atoms with Crippen LogP contribution in [-0.2, 0) is 19.1 Å². The minimum Gasteiger partial charge on any atom is -0.381 e. The Labute approximate surface area is 218 Å². The number of nitrogens with one attached hydrogen (secondary N) is 3. The van der Waals surface area contributed by atoms with Crippen molar-refractivity contribution in [2.75, 3.05) is 33.9 Å². The Bertz CT molecular complexity index is 870. The van der Waals surface area contributed by atoms with Gasteiger partial charge in [0.1, 0.15) is 5.50 Å². The molecule has 2 aliphatic carbocycles. The third-order valence-corrected chi connectivity index (χ3v) is 10.6. The maximum absolute atomic E-state index is 13.6. The molecule has 5 fully saturated rings. The van der Waals surface area contributed by atoms with Gasteiger partial charge in [-0.25, -0.2) is 0 Å². The van der Waals surface area contributed by atoms with Gasteiger partial charge >= 0.3 is 0 Å². The highest BCUT2D eigenvalue weighted by atomic mass is 32.2. The molecule has 0 bridgehead atoms. The summed E-state index contributed by atoms with van der Waals surface area (Å²) in [5.41, 5.74) is -0.147. The summed E-state index contributed by atoms with van der Waals surface area (Å²) in [5.74, 6) is 0.627. The summed E-state index contributed by atoms with van der Waals surface area (Å²) in [4.78, 5) is 28.4. The number of rotatable bonds is 6. The van der Waals surface area contributed by atoms with Gasteiger partial charge in [-0.15, -0.1) is 11.8 Å². The highest BCUT2D eigenvalue weighted by Gasteiger charge is 2.49. The molecule has 3 N–H and O–H groups in total. The predicted molar refractivity (Wildman–Crippen MR) is 137 cm³/mol. The molecule has 0 aromatic heterocycles. The van der Waals surface area contributed by atoms with Crippen molar-refractivity contribution in [1.82, 2.24) is 20.9 Å². The van der Waals surface area contributed by atoms with Gasteiger partial charge in [-0.05, 0) is 57.3 Å². The summed E-state index contributed by atoms with van der Waals surface area (Å²) in [6.45, 7) is 4.30. The summed E-state index contributed by atoms with van der Waals surface area (Å²) in [7, 11) is 3.43. The van der Waals surface area contributed by atoms with E-state index in [1.54, 1.807) is 26.0 Å². The van der Waals surface area contributed by atoms with Gasteiger partial charge in [0.15, 0.2) is 0 Å². The zero-order valence-electron chi connectivity index (χ0n) is 21.7. The Morgan fingerprint density at radius 3 is 2.58 bits per heavy atom. The fourth-order valence-electron chi connectivity index (χ4n) is 7.03. The molecule has 3 saturated heterocycles. The normalized spacial score (nSPS) is 44.4. The number of amides is 2. The number of thioether (sulfide) groups is 1. The van der Waals surface area contributed by atoms with E-state index in [2.05, 4.69) is 28.9 Å². The Morgan fingerprint density at radius 2 is 1.86 bits per heavy atom. The van der Waals surface area contributed by atoms with Gasteiger partial charge in [0.2, 0.25) is 11.8 Å². The summed E-state index contributed by atoms with van der Waals surface area (Å²) in [5, 5.41) is 20.3. The molecule has 5 aliphatic rings. The summed E-state index contributed by atoms with van der Waals surface area (Å²) in [6, 6.07) is 3.11. The molecule has 3 heterocycles. The van der Waals surface area contributed by atoms with Crippen molar-refractivity contribution in [3.63, 3.8) is 0 Å². The average molecular weight is 520 g/mol. The van der Waals surface area contributed by atoms with Crippen LogP contribution in [0.1, 0.15) is 45.4 Å². The molecule has 2 saturated carbocycles. The zero-order chi connectivity index (χ0) is 25.4. The second-order valence-corrected chi connectivity index (χ2v) is 12.8. The van der Waals surface area contributed by atoms with Crippen LogP contribution in [0.3, 0.4) is 0 Å². The number of carbonyl (C=O) groups excluding carboxylic acids is 2. The van der Waals surface area contributed by atoms with Gasteiger partial charge < -0.3 is 25.0 Å². The smallest absolute Gasteiger partial charge is 0.228 e. The van der Waals surface area contributed by atoms with Crippen LogP contribution in [0.4, 0.5) is 0 Å². The number of hydrogen-bond donors (Lipinski definition) is 3. The topological polar surface area (TPSA) is 116 Å². The van der Waals surface area contributed by atoms with Crippen molar-refractivity contribution in [1.29, 1.82) is 5.26 Å². The average Bonchev–Trinajstić information content (AvgIpc) is 3.58. The van der Waals surface area contributed by atoms with E-state index in [1.165, 1.54) is 0 Å². The number of piperidine rings is 2. The lowest BCUT2D eigenvalue weighted by molar-refractivity contribution is -0.134. The second-order valence-electron chi connectivity index (χ2n) is 11.4. The van der Waals surface area contributed by atoms with E-state index >= 15 is 0 Å². The van der Waals surface area contributed by atoms with Gasteiger partial charge in [-0.2, -0.15) is 5.26 Å². The van der Waals surface area contributed by atoms with Crippen molar-refractivity contribution in [3.8, 4) is 6.07 Å². The SMILES string of the molecule is COC1CC1C(=O)N1CCC2NC(NC(=O)C3CNC(C)CC3C3CC(C#N)CCC3OC)SC2C1. The second kappa shape index (κ2) is 11.2. The number of methoxy groups -OCH3 is 2. The van der Waals surface area contributed by atoms with E-state index in [0.29, 0.717) is 18.6 Å². The van der Waals surface area contributed by atoms with Crippen molar-refractivity contribution in [3.05, 3.63) is 0 Å². The lowest BCUT2D eigenvalue weighted by Crippen LogP contribution is -2.55. The van der Waals surface area contributed by atoms with Gasteiger partial charge in [0.25, 0.3) is 0 Å². The van der Waals surface area contributed by atoms with Crippen molar-refractivity contribution in [2.24, 2.45) is 29.6 Å². The van der Waals surface area contributed by atoms with Crippen LogP contribution in [0, 0.1) is 40.9 Å². The highest BCUT2D eigenvalue weighted by molar-refractivity contribution is 8.00. The van der Waals surface area contributed by atoms with E-state index in [4.69, 9.17) is 9.47 Å². The van der Waals surface area contributed by atoms with Crippen LogP contribution in [-0.4, -0.2) is 85.6 Å². The van der Waals surface area contributed by atoms with E-state index in [0.717, 1.165) is 51.6 Å². The number of fused-ring (bicyclic) bond motifs is 1. The molecular weight excluding hydrogens is 478 g/mol.